The van der Waals surface area contributed by atoms with Crippen molar-refractivity contribution >= 4 is 23.0 Å². The zero-order chi connectivity index (χ0) is 14.8. The Bertz CT molecular complexity index is 477. The lowest BCUT2D eigenvalue weighted by molar-refractivity contribution is -0.384. The van der Waals surface area contributed by atoms with E-state index in [0.29, 0.717) is 0 Å². The Labute approximate surface area is 112 Å². The van der Waals surface area contributed by atoms with Crippen LogP contribution in [-0.2, 0) is 0 Å². The average molecular weight is 297 g/mol. The molecule has 0 saturated heterocycles. The predicted molar refractivity (Wildman–Crippen MR) is 66.6 cm³/mol. The van der Waals surface area contributed by atoms with E-state index in [0.717, 1.165) is 4.90 Å². The summed E-state index contributed by atoms with van der Waals surface area (Å²) in [6.07, 6.45) is -4.46. The van der Waals surface area contributed by atoms with Crippen molar-refractivity contribution < 1.29 is 18.1 Å². The first kappa shape index (κ1) is 15.6. The van der Waals surface area contributed by atoms with Gasteiger partial charge in [0.15, 0.2) is 0 Å². The van der Waals surface area contributed by atoms with Crippen LogP contribution < -0.4 is 4.90 Å². The molecule has 1 aromatic rings. The minimum Gasteiger partial charge on any atom is -0.354 e. The van der Waals surface area contributed by atoms with Gasteiger partial charge in [-0.05, 0) is 26.0 Å². The van der Waals surface area contributed by atoms with Crippen LogP contribution >= 0.6 is 11.6 Å². The fraction of sp³-hybridized carbons (Fsp3) is 0.455. The van der Waals surface area contributed by atoms with Gasteiger partial charge in [-0.2, -0.15) is 13.2 Å². The topological polar surface area (TPSA) is 46.4 Å². The number of hydrogen-bond donors (Lipinski definition) is 0. The van der Waals surface area contributed by atoms with Gasteiger partial charge in [0.1, 0.15) is 17.3 Å². The Hall–Kier alpha value is -1.50. The van der Waals surface area contributed by atoms with E-state index in [2.05, 4.69) is 0 Å². The van der Waals surface area contributed by atoms with Crippen LogP contribution in [0.15, 0.2) is 18.2 Å². The second-order valence-corrected chi connectivity index (χ2v) is 4.61. The highest BCUT2D eigenvalue weighted by Gasteiger charge is 2.35. The summed E-state index contributed by atoms with van der Waals surface area (Å²) in [6, 6.07) is 3.36. The van der Waals surface area contributed by atoms with Crippen molar-refractivity contribution in [3.8, 4) is 0 Å². The summed E-state index contributed by atoms with van der Waals surface area (Å²) < 4.78 is 37.6. The van der Waals surface area contributed by atoms with Crippen molar-refractivity contribution in [2.75, 3.05) is 11.4 Å². The molecule has 0 aliphatic rings. The molecule has 0 atom stereocenters. The molecule has 19 heavy (non-hydrogen) atoms. The van der Waals surface area contributed by atoms with E-state index in [1.807, 2.05) is 0 Å². The fourth-order valence-corrected chi connectivity index (χ4v) is 1.89. The number of halogens is 4. The molecule has 0 aliphatic heterocycles. The third kappa shape index (κ3) is 3.99. The van der Waals surface area contributed by atoms with Crippen LogP contribution in [0.25, 0.3) is 0 Å². The van der Waals surface area contributed by atoms with Gasteiger partial charge in [-0.25, -0.2) is 0 Å². The van der Waals surface area contributed by atoms with Crippen molar-refractivity contribution in [1.29, 1.82) is 0 Å². The number of nitrogens with zero attached hydrogens (tertiary/aromatic N) is 2. The standard InChI is InChI=1S/C11H12ClF3N2O2/c1-7(2)16(6-11(13,14)15)9-5-3-4-8(12)10(9)17(18)19/h3-5,7H,6H2,1-2H3. The van der Waals surface area contributed by atoms with E-state index in [1.54, 1.807) is 0 Å². The van der Waals surface area contributed by atoms with Crippen molar-refractivity contribution in [2.45, 2.75) is 26.1 Å². The Morgan fingerprint density at radius 1 is 1.42 bits per heavy atom. The summed E-state index contributed by atoms with van der Waals surface area (Å²) in [4.78, 5) is 11.1. The summed E-state index contributed by atoms with van der Waals surface area (Å²) in [5.74, 6) is 0. The average Bonchev–Trinajstić information content (AvgIpc) is 2.23. The van der Waals surface area contributed by atoms with Crippen LogP contribution in [0.2, 0.25) is 5.02 Å². The summed E-state index contributed by atoms with van der Waals surface area (Å²) >= 11 is 5.69. The van der Waals surface area contributed by atoms with Gasteiger partial charge in [-0.15, -0.1) is 0 Å². The van der Waals surface area contributed by atoms with E-state index < -0.39 is 29.4 Å². The SMILES string of the molecule is CC(C)N(CC(F)(F)F)c1cccc(Cl)c1[N+](=O)[O-]. The van der Waals surface area contributed by atoms with Gasteiger partial charge in [0.05, 0.1) is 4.92 Å². The molecule has 0 unspecified atom stereocenters. The summed E-state index contributed by atoms with van der Waals surface area (Å²) in [6.45, 7) is 1.78. The van der Waals surface area contributed by atoms with E-state index in [-0.39, 0.29) is 10.7 Å². The third-order valence-corrected chi connectivity index (χ3v) is 2.74. The normalized spacial score (nSPS) is 11.7. The molecular weight excluding hydrogens is 285 g/mol. The lowest BCUT2D eigenvalue weighted by atomic mass is 10.2. The van der Waals surface area contributed by atoms with E-state index in [4.69, 9.17) is 11.6 Å². The molecular formula is C11H12ClF3N2O2. The van der Waals surface area contributed by atoms with Gasteiger partial charge >= 0.3 is 11.9 Å². The number of alkyl halides is 3. The van der Waals surface area contributed by atoms with Crippen LogP contribution in [0.4, 0.5) is 24.5 Å². The molecule has 0 aromatic heterocycles. The molecule has 0 saturated carbocycles. The van der Waals surface area contributed by atoms with Crippen molar-refractivity contribution in [1.82, 2.24) is 0 Å². The number of anilines is 1. The van der Waals surface area contributed by atoms with Crippen molar-refractivity contribution in [3.05, 3.63) is 33.3 Å². The molecule has 1 rings (SSSR count). The molecule has 0 spiro atoms. The number of nitro benzene ring substituents is 1. The highest BCUT2D eigenvalue weighted by atomic mass is 35.5. The first-order valence-corrected chi connectivity index (χ1v) is 5.77. The van der Waals surface area contributed by atoms with Crippen molar-refractivity contribution in [3.63, 3.8) is 0 Å². The number of benzene rings is 1. The minimum absolute atomic E-state index is 0.134. The van der Waals surface area contributed by atoms with E-state index >= 15 is 0 Å². The number of hydrogen-bond acceptors (Lipinski definition) is 3. The van der Waals surface area contributed by atoms with Gasteiger partial charge in [0.25, 0.3) is 0 Å². The largest absolute Gasteiger partial charge is 0.405 e. The van der Waals surface area contributed by atoms with Crippen molar-refractivity contribution in [2.24, 2.45) is 0 Å². The first-order chi connectivity index (χ1) is 8.63. The summed E-state index contributed by atoms with van der Waals surface area (Å²) in [7, 11) is 0. The molecule has 0 amide bonds. The van der Waals surface area contributed by atoms with Crippen LogP contribution in [0.1, 0.15) is 13.8 Å². The maximum atomic E-state index is 12.5. The molecule has 0 N–H and O–H groups in total. The zero-order valence-corrected chi connectivity index (χ0v) is 11.0. The molecule has 0 radical (unpaired) electrons. The Balaban J connectivity index is 3.31. The van der Waals surface area contributed by atoms with Gasteiger partial charge in [0.2, 0.25) is 0 Å². The highest BCUT2D eigenvalue weighted by Crippen LogP contribution is 2.37. The maximum Gasteiger partial charge on any atom is 0.405 e. The van der Waals surface area contributed by atoms with E-state index in [1.165, 1.54) is 32.0 Å². The molecule has 0 bridgehead atoms. The maximum absolute atomic E-state index is 12.5. The van der Waals surface area contributed by atoms with Crippen LogP contribution in [0, 0.1) is 10.1 Å². The lowest BCUT2D eigenvalue weighted by Gasteiger charge is -2.29. The summed E-state index contributed by atoms with van der Waals surface area (Å²) in [5.41, 5.74) is -0.646. The third-order valence-electron chi connectivity index (χ3n) is 2.43. The van der Waals surface area contributed by atoms with Gasteiger partial charge in [-0.3, -0.25) is 10.1 Å². The molecule has 1 aromatic carbocycles. The van der Waals surface area contributed by atoms with Gasteiger partial charge in [-0.1, -0.05) is 17.7 Å². The van der Waals surface area contributed by atoms with Gasteiger partial charge in [0, 0.05) is 6.04 Å². The number of para-hydroxylation sites is 1. The molecule has 4 nitrogen and oxygen atoms in total. The molecule has 0 fully saturated rings. The monoisotopic (exact) mass is 296 g/mol. The zero-order valence-electron chi connectivity index (χ0n) is 10.2. The number of nitro groups is 1. The molecule has 8 heteroatoms. The van der Waals surface area contributed by atoms with E-state index in [9.17, 15) is 23.3 Å². The fourth-order valence-electron chi connectivity index (χ4n) is 1.66. The second kappa shape index (κ2) is 5.64. The summed E-state index contributed by atoms with van der Waals surface area (Å²) in [5, 5.41) is 10.8. The number of rotatable bonds is 4. The smallest absolute Gasteiger partial charge is 0.354 e. The lowest BCUT2D eigenvalue weighted by Crippen LogP contribution is -2.39. The van der Waals surface area contributed by atoms with Gasteiger partial charge < -0.3 is 4.90 Å². The first-order valence-electron chi connectivity index (χ1n) is 5.39. The Morgan fingerprint density at radius 2 is 2.00 bits per heavy atom. The Kier molecular flexibility index (Phi) is 4.62. The Morgan fingerprint density at radius 3 is 2.42 bits per heavy atom. The predicted octanol–water partition coefficient (Wildman–Crippen LogP) is 4.03. The van der Waals surface area contributed by atoms with Crippen LogP contribution in [0.5, 0.6) is 0 Å². The quantitative estimate of drug-likeness (QED) is 0.622. The minimum atomic E-state index is -4.46. The molecule has 106 valence electrons. The second-order valence-electron chi connectivity index (χ2n) is 4.20. The molecule has 0 aliphatic carbocycles. The van der Waals surface area contributed by atoms with Crippen LogP contribution in [0.3, 0.4) is 0 Å². The molecule has 0 heterocycles. The van der Waals surface area contributed by atoms with Crippen LogP contribution in [-0.4, -0.2) is 23.7 Å². The highest BCUT2D eigenvalue weighted by molar-refractivity contribution is 6.33.